The van der Waals surface area contributed by atoms with E-state index in [1.165, 1.54) is 6.07 Å². The summed E-state index contributed by atoms with van der Waals surface area (Å²) in [6.07, 6.45) is 0. The molecule has 0 heterocycles. The minimum atomic E-state index is -0.469. The molecular weight excluding hydrogens is 367 g/mol. The summed E-state index contributed by atoms with van der Waals surface area (Å²) in [6, 6.07) is 10.0. The Labute approximate surface area is 134 Å². The fraction of sp³-hybridized carbons (Fsp3) is 0.0769. The van der Waals surface area contributed by atoms with E-state index in [1.807, 2.05) is 12.1 Å². The van der Waals surface area contributed by atoms with Crippen LogP contribution in [0.3, 0.4) is 0 Å². The fourth-order valence-corrected chi connectivity index (χ4v) is 2.27. The zero-order valence-corrected chi connectivity index (χ0v) is 13.2. The Morgan fingerprint density at radius 2 is 1.95 bits per heavy atom. The van der Waals surface area contributed by atoms with Gasteiger partial charge in [0.2, 0.25) is 0 Å². The number of halogens is 3. The number of nitrogens with zero attached hydrogens (tertiary/aromatic N) is 1. The molecule has 0 fully saturated rings. The summed E-state index contributed by atoms with van der Waals surface area (Å²) in [5.41, 5.74) is 1.28. The molecule has 7 heteroatoms. The molecule has 0 amide bonds. The summed E-state index contributed by atoms with van der Waals surface area (Å²) < 4.78 is 0.806. The zero-order valence-electron chi connectivity index (χ0n) is 10.1. The highest BCUT2D eigenvalue weighted by Crippen LogP contribution is 2.29. The van der Waals surface area contributed by atoms with E-state index in [0.29, 0.717) is 22.3 Å². The van der Waals surface area contributed by atoms with Crippen molar-refractivity contribution in [2.75, 3.05) is 5.32 Å². The first-order chi connectivity index (χ1) is 9.47. The molecule has 0 unspecified atom stereocenters. The van der Waals surface area contributed by atoms with Crippen molar-refractivity contribution in [3.05, 3.63) is 66.6 Å². The van der Waals surface area contributed by atoms with Crippen molar-refractivity contribution in [3.63, 3.8) is 0 Å². The highest BCUT2D eigenvalue weighted by atomic mass is 79.9. The molecule has 0 aliphatic heterocycles. The van der Waals surface area contributed by atoms with Crippen molar-refractivity contribution >= 4 is 50.5 Å². The Bertz CT molecular complexity index is 665. The van der Waals surface area contributed by atoms with Gasteiger partial charge < -0.3 is 5.32 Å². The quantitative estimate of drug-likeness (QED) is 0.584. The van der Waals surface area contributed by atoms with Gasteiger partial charge >= 0.3 is 0 Å². The molecule has 104 valence electrons. The summed E-state index contributed by atoms with van der Waals surface area (Å²) in [5.74, 6) is 0. The number of nitrogens with one attached hydrogen (secondary N) is 1. The summed E-state index contributed by atoms with van der Waals surface area (Å²) in [4.78, 5) is 10.5. The van der Waals surface area contributed by atoms with Gasteiger partial charge in [0.25, 0.3) is 5.69 Å². The minimum Gasteiger partial charge on any atom is -0.375 e. The van der Waals surface area contributed by atoms with Gasteiger partial charge in [0, 0.05) is 22.1 Å². The van der Waals surface area contributed by atoms with Gasteiger partial charge in [-0.25, -0.2) is 0 Å². The van der Waals surface area contributed by atoms with E-state index in [1.54, 1.807) is 18.2 Å². The van der Waals surface area contributed by atoms with Gasteiger partial charge in [-0.3, -0.25) is 10.1 Å². The second kappa shape index (κ2) is 6.43. The standard InChI is InChI=1S/C13H9BrCl2N2O2/c14-10-3-1-8(5-11(10)16)7-17-12-4-2-9(15)6-13(12)18(19)20/h1-6,17H,7H2. The highest BCUT2D eigenvalue weighted by Gasteiger charge is 2.13. The minimum absolute atomic E-state index is 0.0549. The van der Waals surface area contributed by atoms with Crippen LogP contribution in [0.4, 0.5) is 11.4 Å². The van der Waals surface area contributed by atoms with Gasteiger partial charge in [0.1, 0.15) is 5.69 Å². The van der Waals surface area contributed by atoms with Crippen LogP contribution in [-0.2, 0) is 6.54 Å². The summed E-state index contributed by atoms with van der Waals surface area (Å²) >= 11 is 15.1. The molecule has 2 aromatic rings. The van der Waals surface area contributed by atoms with Crippen molar-refractivity contribution in [1.29, 1.82) is 0 Å². The maximum absolute atomic E-state index is 11.0. The summed E-state index contributed by atoms with van der Waals surface area (Å²) in [5, 5.41) is 14.9. The third-order valence-corrected chi connectivity index (χ3v) is 4.09. The van der Waals surface area contributed by atoms with E-state index in [0.717, 1.165) is 10.0 Å². The van der Waals surface area contributed by atoms with Crippen LogP contribution in [0.15, 0.2) is 40.9 Å². The maximum Gasteiger partial charge on any atom is 0.293 e. The van der Waals surface area contributed by atoms with Crippen molar-refractivity contribution in [2.45, 2.75) is 6.54 Å². The molecule has 1 N–H and O–H groups in total. The van der Waals surface area contributed by atoms with E-state index in [9.17, 15) is 10.1 Å². The van der Waals surface area contributed by atoms with Gasteiger partial charge in [-0.15, -0.1) is 0 Å². The largest absolute Gasteiger partial charge is 0.375 e. The smallest absolute Gasteiger partial charge is 0.293 e. The van der Waals surface area contributed by atoms with Crippen LogP contribution in [0.2, 0.25) is 10.0 Å². The molecule has 20 heavy (non-hydrogen) atoms. The second-order valence-electron chi connectivity index (χ2n) is 4.02. The van der Waals surface area contributed by atoms with Crippen LogP contribution in [0.1, 0.15) is 5.56 Å². The normalized spacial score (nSPS) is 10.3. The molecule has 0 radical (unpaired) electrons. The average molecular weight is 376 g/mol. The molecule has 0 bridgehead atoms. The monoisotopic (exact) mass is 374 g/mol. The topological polar surface area (TPSA) is 55.2 Å². The van der Waals surface area contributed by atoms with Crippen LogP contribution in [0.5, 0.6) is 0 Å². The van der Waals surface area contributed by atoms with Crippen LogP contribution in [0.25, 0.3) is 0 Å². The van der Waals surface area contributed by atoms with Gasteiger partial charge in [-0.05, 0) is 45.8 Å². The first kappa shape index (κ1) is 15.1. The van der Waals surface area contributed by atoms with E-state index >= 15 is 0 Å². The average Bonchev–Trinajstić information content (AvgIpc) is 2.41. The molecular formula is C13H9BrCl2N2O2. The van der Waals surface area contributed by atoms with Crippen LogP contribution < -0.4 is 5.32 Å². The molecule has 0 spiro atoms. The second-order valence-corrected chi connectivity index (χ2v) is 5.72. The van der Waals surface area contributed by atoms with Crippen LogP contribution >= 0.6 is 39.1 Å². The van der Waals surface area contributed by atoms with Crippen molar-refractivity contribution in [3.8, 4) is 0 Å². The Hall–Kier alpha value is -1.30. The van der Waals surface area contributed by atoms with E-state index < -0.39 is 4.92 Å². The van der Waals surface area contributed by atoms with E-state index in [2.05, 4.69) is 21.2 Å². The zero-order chi connectivity index (χ0) is 14.7. The number of rotatable bonds is 4. The molecule has 0 atom stereocenters. The summed E-state index contributed by atoms with van der Waals surface area (Å²) in [7, 11) is 0. The molecule has 0 aromatic heterocycles. The lowest BCUT2D eigenvalue weighted by Gasteiger charge is -2.08. The number of benzene rings is 2. The van der Waals surface area contributed by atoms with Crippen LogP contribution in [0, 0.1) is 10.1 Å². The third-order valence-electron chi connectivity index (χ3n) is 2.62. The first-order valence-electron chi connectivity index (χ1n) is 5.59. The van der Waals surface area contributed by atoms with Crippen molar-refractivity contribution in [1.82, 2.24) is 0 Å². The van der Waals surface area contributed by atoms with Gasteiger partial charge in [0.05, 0.1) is 9.95 Å². The number of nitro groups is 1. The summed E-state index contributed by atoms with van der Waals surface area (Å²) in [6.45, 7) is 0.426. The molecule has 0 saturated carbocycles. The van der Waals surface area contributed by atoms with Crippen LogP contribution in [-0.4, -0.2) is 4.92 Å². The van der Waals surface area contributed by atoms with Crippen molar-refractivity contribution < 1.29 is 4.92 Å². The van der Waals surface area contributed by atoms with Gasteiger partial charge in [-0.1, -0.05) is 29.3 Å². The predicted octanol–water partition coefficient (Wildman–Crippen LogP) is 5.28. The lowest BCUT2D eigenvalue weighted by Crippen LogP contribution is -2.02. The lowest BCUT2D eigenvalue weighted by molar-refractivity contribution is -0.383. The maximum atomic E-state index is 11.0. The van der Waals surface area contributed by atoms with Crippen molar-refractivity contribution in [2.24, 2.45) is 0 Å². The Morgan fingerprint density at radius 3 is 2.60 bits per heavy atom. The molecule has 0 saturated heterocycles. The van der Waals surface area contributed by atoms with Gasteiger partial charge in [-0.2, -0.15) is 0 Å². The molecule has 0 aliphatic rings. The molecule has 0 aliphatic carbocycles. The number of nitro benzene ring substituents is 1. The Kier molecular flexibility index (Phi) is 4.86. The lowest BCUT2D eigenvalue weighted by atomic mass is 10.2. The SMILES string of the molecule is O=[N+]([O-])c1cc(Cl)ccc1NCc1ccc(Br)c(Cl)c1. The number of hydrogen-bond donors (Lipinski definition) is 1. The number of hydrogen-bond acceptors (Lipinski definition) is 3. The Balaban J connectivity index is 2.18. The Morgan fingerprint density at radius 1 is 1.20 bits per heavy atom. The highest BCUT2D eigenvalue weighted by molar-refractivity contribution is 9.10. The molecule has 4 nitrogen and oxygen atoms in total. The fourth-order valence-electron chi connectivity index (χ4n) is 1.65. The van der Waals surface area contributed by atoms with E-state index in [4.69, 9.17) is 23.2 Å². The van der Waals surface area contributed by atoms with E-state index in [-0.39, 0.29) is 5.69 Å². The molecule has 2 rings (SSSR count). The van der Waals surface area contributed by atoms with Gasteiger partial charge in [0.15, 0.2) is 0 Å². The predicted molar refractivity (Wildman–Crippen MR) is 84.6 cm³/mol. The first-order valence-corrected chi connectivity index (χ1v) is 7.14. The molecule has 2 aromatic carbocycles. The number of anilines is 1. The third kappa shape index (κ3) is 3.62.